The van der Waals surface area contributed by atoms with E-state index < -0.39 is 5.82 Å². The fourth-order valence-electron chi connectivity index (χ4n) is 3.02. The van der Waals surface area contributed by atoms with Crippen molar-refractivity contribution in [2.45, 2.75) is 6.92 Å². The highest BCUT2D eigenvalue weighted by Gasteiger charge is 2.16. The molecule has 148 valence electrons. The molecule has 3 N–H and O–H groups in total. The summed E-state index contributed by atoms with van der Waals surface area (Å²) >= 11 is 0. The molecule has 9 heteroatoms. The number of fused-ring (bicyclic) bond motifs is 1. The van der Waals surface area contributed by atoms with Gasteiger partial charge in [0.15, 0.2) is 17.2 Å². The molecule has 0 radical (unpaired) electrons. The molecule has 29 heavy (non-hydrogen) atoms. The average Bonchev–Trinajstić information content (AvgIpc) is 2.98. The number of nitrogens with zero attached hydrogens (tertiary/aromatic N) is 3. The van der Waals surface area contributed by atoms with Crippen molar-refractivity contribution in [3.05, 3.63) is 64.3 Å². The van der Waals surface area contributed by atoms with Crippen LogP contribution in [0.25, 0.3) is 11.0 Å². The maximum Gasteiger partial charge on any atom is 0.277 e. The van der Waals surface area contributed by atoms with Crippen molar-refractivity contribution in [2.75, 3.05) is 17.7 Å². The number of hydrogen-bond donors (Lipinski definition) is 3. The number of rotatable bonds is 5. The minimum absolute atomic E-state index is 0.0551. The molecule has 0 saturated carbocycles. The lowest BCUT2D eigenvalue weighted by molar-refractivity contribution is 0.388. The Bertz CT molecular complexity index is 1250. The Morgan fingerprint density at radius 2 is 1.97 bits per heavy atom. The van der Waals surface area contributed by atoms with Gasteiger partial charge in [0.2, 0.25) is 0 Å². The van der Waals surface area contributed by atoms with E-state index in [0.717, 1.165) is 5.56 Å². The highest BCUT2D eigenvalue weighted by Crippen LogP contribution is 2.33. The van der Waals surface area contributed by atoms with E-state index in [-0.39, 0.29) is 11.3 Å². The molecule has 0 unspecified atom stereocenters. The van der Waals surface area contributed by atoms with E-state index in [1.54, 1.807) is 31.4 Å². The number of benzene rings is 1. The van der Waals surface area contributed by atoms with E-state index in [1.807, 2.05) is 19.1 Å². The first-order valence-corrected chi connectivity index (χ1v) is 8.85. The minimum atomic E-state index is -0.507. The van der Waals surface area contributed by atoms with Crippen molar-refractivity contribution in [1.82, 2.24) is 19.7 Å². The molecule has 4 rings (SSSR count). The second-order valence-electron chi connectivity index (χ2n) is 6.55. The summed E-state index contributed by atoms with van der Waals surface area (Å²) in [6, 6.07) is 9.96. The van der Waals surface area contributed by atoms with Crippen LogP contribution in [0.3, 0.4) is 0 Å². The summed E-state index contributed by atoms with van der Waals surface area (Å²) < 4.78 is 20.6. The molecule has 0 atom stereocenters. The predicted molar refractivity (Wildman–Crippen MR) is 110 cm³/mol. The first-order valence-electron chi connectivity index (χ1n) is 8.85. The zero-order valence-corrected chi connectivity index (χ0v) is 16.1. The zero-order chi connectivity index (χ0) is 20.5. The van der Waals surface area contributed by atoms with Crippen LogP contribution in [-0.4, -0.2) is 26.9 Å². The van der Waals surface area contributed by atoms with E-state index >= 15 is 0 Å². The van der Waals surface area contributed by atoms with Crippen LogP contribution in [0.1, 0.15) is 5.56 Å². The number of nitrogens with one attached hydrogen (secondary N) is 3. The number of aryl methyl sites for hydroxylation is 2. The van der Waals surface area contributed by atoms with Gasteiger partial charge < -0.3 is 15.4 Å². The second-order valence-corrected chi connectivity index (χ2v) is 6.55. The Labute approximate surface area is 165 Å². The van der Waals surface area contributed by atoms with Crippen molar-refractivity contribution in [1.29, 1.82) is 0 Å². The third-order valence-electron chi connectivity index (χ3n) is 4.42. The molecule has 1 aromatic carbocycles. The van der Waals surface area contributed by atoms with Crippen LogP contribution in [0.5, 0.6) is 5.75 Å². The standard InChI is InChI=1S/C20H19FN6O2/c1-11-7-8-15(22-10-11)24-16-9-14(17-19(25-16)26-27(2)20(17)28)23-13-6-4-5-12(21)18(13)29-3/h4-10H,1-3H3,(H3,22,23,24,25,26). The van der Waals surface area contributed by atoms with Gasteiger partial charge in [0.25, 0.3) is 5.56 Å². The number of halogens is 1. The fraction of sp³-hybridized carbons (Fsp3) is 0.150. The summed E-state index contributed by atoms with van der Waals surface area (Å²) in [5, 5.41) is 9.48. The summed E-state index contributed by atoms with van der Waals surface area (Å²) in [6.07, 6.45) is 1.74. The Kier molecular flexibility index (Phi) is 4.63. The van der Waals surface area contributed by atoms with Gasteiger partial charge in [-0.25, -0.2) is 14.4 Å². The van der Waals surface area contributed by atoms with Crippen molar-refractivity contribution >= 4 is 34.0 Å². The number of anilines is 4. The molecular formula is C20H19FN6O2. The normalized spacial score (nSPS) is 10.9. The van der Waals surface area contributed by atoms with Crippen molar-refractivity contribution < 1.29 is 9.13 Å². The third kappa shape index (κ3) is 3.49. The molecule has 0 fully saturated rings. The number of pyridine rings is 2. The van der Waals surface area contributed by atoms with Gasteiger partial charge in [-0.05, 0) is 30.7 Å². The van der Waals surface area contributed by atoms with Crippen molar-refractivity contribution in [3.63, 3.8) is 0 Å². The SMILES string of the molecule is COc1c(F)cccc1Nc1cc(Nc2ccc(C)cn2)nc2[nH]n(C)c(=O)c12. The number of aromatic nitrogens is 4. The predicted octanol–water partition coefficient (Wildman–Crippen LogP) is 3.60. The molecule has 0 aliphatic carbocycles. The third-order valence-corrected chi connectivity index (χ3v) is 4.42. The molecule has 0 spiro atoms. The molecule has 4 aromatic rings. The van der Waals surface area contributed by atoms with E-state index in [4.69, 9.17) is 4.74 Å². The van der Waals surface area contributed by atoms with Gasteiger partial charge in [-0.15, -0.1) is 0 Å². The summed E-state index contributed by atoms with van der Waals surface area (Å²) in [6.45, 7) is 1.95. The summed E-state index contributed by atoms with van der Waals surface area (Å²) in [5.74, 6) is 0.620. The molecule has 0 bridgehead atoms. The Hall–Kier alpha value is -3.88. The quantitative estimate of drug-likeness (QED) is 0.479. The van der Waals surface area contributed by atoms with Gasteiger partial charge in [-0.2, -0.15) is 0 Å². The molecule has 0 saturated heterocycles. The van der Waals surface area contributed by atoms with Gasteiger partial charge in [-0.1, -0.05) is 12.1 Å². The van der Waals surface area contributed by atoms with Crippen LogP contribution in [-0.2, 0) is 7.05 Å². The maximum absolute atomic E-state index is 14.1. The van der Waals surface area contributed by atoms with Gasteiger partial charge in [-0.3, -0.25) is 14.6 Å². The number of H-pyrrole nitrogens is 1. The molecule has 0 aliphatic rings. The largest absolute Gasteiger partial charge is 0.492 e. The first-order chi connectivity index (χ1) is 14.0. The number of hydrogen-bond acceptors (Lipinski definition) is 6. The van der Waals surface area contributed by atoms with Gasteiger partial charge in [0.05, 0.1) is 18.5 Å². The number of ether oxygens (including phenoxy) is 1. The topological polar surface area (TPSA) is 96.9 Å². The zero-order valence-electron chi connectivity index (χ0n) is 16.1. The summed E-state index contributed by atoms with van der Waals surface area (Å²) in [7, 11) is 2.99. The lowest BCUT2D eigenvalue weighted by atomic mass is 10.2. The van der Waals surface area contributed by atoms with Crippen molar-refractivity contribution in [2.24, 2.45) is 7.05 Å². The summed E-state index contributed by atoms with van der Waals surface area (Å²) in [4.78, 5) is 21.4. The van der Waals surface area contributed by atoms with Crippen LogP contribution < -0.4 is 20.9 Å². The van der Waals surface area contributed by atoms with Gasteiger partial charge in [0.1, 0.15) is 17.0 Å². The first kappa shape index (κ1) is 18.5. The van der Waals surface area contributed by atoms with Crippen LogP contribution in [0, 0.1) is 12.7 Å². The molecule has 0 aliphatic heterocycles. The Morgan fingerprint density at radius 3 is 2.69 bits per heavy atom. The molecule has 8 nitrogen and oxygen atoms in total. The van der Waals surface area contributed by atoms with E-state index in [1.165, 1.54) is 17.9 Å². The van der Waals surface area contributed by atoms with Gasteiger partial charge in [0, 0.05) is 19.3 Å². The van der Waals surface area contributed by atoms with Crippen LogP contribution in [0.4, 0.5) is 27.4 Å². The second kappa shape index (κ2) is 7.27. The maximum atomic E-state index is 14.1. The van der Waals surface area contributed by atoms with Crippen LogP contribution >= 0.6 is 0 Å². The lowest BCUT2D eigenvalue weighted by Crippen LogP contribution is -2.12. The van der Waals surface area contributed by atoms with Crippen LogP contribution in [0.15, 0.2) is 47.4 Å². The highest BCUT2D eigenvalue weighted by atomic mass is 19.1. The number of para-hydroxylation sites is 1. The molecular weight excluding hydrogens is 375 g/mol. The monoisotopic (exact) mass is 394 g/mol. The Morgan fingerprint density at radius 1 is 1.14 bits per heavy atom. The molecule has 3 aromatic heterocycles. The van der Waals surface area contributed by atoms with Crippen molar-refractivity contribution in [3.8, 4) is 5.75 Å². The molecule has 0 amide bonds. The van der Waals surface area contributed by atoms with E-state index in [0.29, 0.717) is 34.0 Å². The van der Waals surface area contributed by atoms with E-state index in [9.17, 15) is 9.18 Å². The minimum Gasteiger partial charge on any atom is -0.492 e. The van der Waals surface area contributed by atoms with E-state index in [2.05, 4.69) is 25.7 Å². The molecule has 3 heterocycles. The fourth-order valence-corrected chi connectivity index (χ4v) is 3.02. The summed E-state index contributed by atoms with van der Waals surface area (Å²) in [5.41, 5.74) is 2.00. The Balaban J connectivity index is 1.82. The number of aromatic amines is 1. The van der Waals surface area contributed by atoms with Gasteiger partial charge >= 0.3 is 0 Å². The average molecular weight is 394 g/mol. The lowest BCUT2D eigenvalue weighted by Gasteiger charge is -2.13. The number of methoxy groups -OCH3 is 1. The smallest absolute Gasteiger partial charge is 0.277 e. The van der Waals surface area contributed by atoms with Crippen LogP contribution in [0.2, 0.25) is 0 Å². The highest BCUT2D eigenvalue weighted by molar-refractivity contribution is 5.93.